The van der Waals surface area contributed by atoms with Crippen molar-refractivity contribution in [2.45, 2.75) is 52.6 Å². The summed E-state index contributed by atoms with van der Waals surface area (Å²) in [4.78, 5) is 4.52. The van der Waals surface area contributed by atoms with Crippen molar-refractivity contribution >= 4 is 5.96 Å². The molecule has 0 spiro atoms. The highest BCUT2D eigenvalue weighted by atomic mass is 16.5. The summed E-state index contributed by atoms with van der Waals surface area (Å²) in [5.74, 6) is 2.26. The van der Waals surface area contributed by atoms with Gasteiger partial charge in [0, 0.05) is 32.4 Å². The third-order valence-corrected chi connectivity index (χ3v) is 3.83. The van der Waals surface area contributed by atoms with E-state index >= 15 is 0 Å². The van der Waals surface area contributed by atoms with Crippen LogP contribution in [-0.4, -0.2) is 44.4 Å². The Bertz CT molecular complexity index is 510. The summed E-state index contributed by atoms with van der Waals surface area (Å²) in [5, 5.41) is 17.2. The number of hydrogen-bond donors (Lipinski definition) is 3. The topological polar surface area (TPSA) is 79.0 Å². The molecule has 1 aromatic heterocycles. The van der Waals surface area contributed by atoms with Crippen LogP contribution in [0.3, 0.4) is 0 Å². The standard InChI is InChI=1S/C18H33N3O3/c1-6-19-17(20-10-8-7-9-11-23-5)21-13-18(4,22)16-12-14(2)24-15(16)3/h12,22H,6-11,13H2,1-5H3,(H2,19,20,21). The van der Waals surface area contributed by atoms with Crippen molar-refractivity contribution in [3.8, 4) is 0 Å². The van der Waals surface area contributed by atoms with Crippen LogP contribution in [0.15, 0.2) is 15.5 Å². The summed E-state index contributed by atoms with van der Waals surface area (Å²) in [5.41, 5.74) is -0.262. The van der Waals surface area contributed by atoms with Gasteiger partial charge in [0.1, 0.15) is 17.1 Å². The SMILES string of the molecule is CCNC(=NCC(C)(O)c1cc(C)oc1C)NCCCCCOC. The van der Waals surface area contributed by atoms with E-state index in [0.29, 0.717) is 0 Å². The monoisotopic (exact) mass is 339 g/mol. The van der Waals surface area contributed by atoms with E-state index in [1.165, 1.54) is 0 Å². The molecule has 0 radical (unpaired) electrons. The molecule has 0 aromatic carbocycles. The van der Waals surface area contributed by atoms with Crippen molar-refractivity contribution < 1.29 is 14.3 Å². The van der Waals surface area contributed by atoms with Gasteiger partial charge in [0.05, 0.1) is 6.54 Å². The zero-order chi connectivity index (χ0) is 18.0. The average Bonchev–Trinajstić information content (AvgIpc) is 2.87. The molecule has 3 N–H and O–H groups in total. The van der Waals surface area contributed by atoms with Crippen molar-refractivity contribution in [1.29, 1.82) is 0 Å². The minimum absolute atomic E-state index is 0.270. The second-order valence-electron chi connectivity index (χ2n) is 6.28. The maximum atomic E-state index is 10.7. The number of aliphatic imine (C=N–C) groups is 1. The predicted octanol–water partition coefficient (Wildman–Crippen LogP) is 2.48. The molecule has 6 heteroatoms. The lowest BCUT2D eigenvalue weighted by Gasteiger charge is -2.21. The lowest BCUT2D eigenvalue weighted by atomic mass is 9.96. The highest BCUT2D eigenvalue weighted by molar-refractivity contribution is 5.79. The van der Waals surface area contributed by atoms with Gasteiger partial charge < -0.3 is 24.9 Å². The quantitative estimate of drug-likeness (QED) is 0.347. The second-order valence-corrected chi connectivity index (χ2v) is 6.28. The van der Waals surface area contributed by atoms with Gasteiger partial charge in [0.2, 0.25) is 0 Å². The number of methoxy groups -OCH3 is 1. The fraction of sp³-hybridized carbons (Fsp3) is 0.722. The average molecular weight is 339 g/mol. The van der Waals surface area contributed by atoms with E-state index < -0.39 is 5.60 Å². The van der Waals surface area contributed by atoms with Gasteiger partial charge in [-0.2, -0.15) is 0 Å². The van der Waals surface area contributed by atoms with Crippen molar-refractivity contribution in [3.05, 3.63) is 23.2 Å². The second kappa shape index (κ2) is 10.4. The first kappa shape index (κ1) is 20.5. The summed E-state index contributed by atoms with van der Waals surface area (Å²) in [7, 11) is 1.73. The molecule has 138 valence electrons. The van der Waals surface area contributed by atoms with Crippen molar-refractivity contribution in [2.24, 2.45) is 4.99 Å². The first-order chi connectivity index (χ1) is 11.4. The fourth-order valence-corrected chi connectivity index (χ4v) is 2.58. The van der Waals surface area contributed by atoms with E-state index in [-0.39, 0.29) is 6.54 Å². The number of hydrogen-bond acceptors (Lipinski definition) is 4. The van der Waals surface area contributed by atoms with Gasteiger partial charge in [-0.15, -0.1) is 0 Å². The highest BCUT2D eigenvalue weighted by Crippen LogP contribution is 2.27. The molecule has 0 amide bonds. The molecule has 1 rings (SSSR count). The summed E-state index contributed by atoms with van der Waals surface area (Å²) in [6.45, 7) is 10.2. The first-order valence-corrected chi connectivity index (χ1v) is 8.71. The van der Waals surface area contributed by atoms with E-state index in [1.54, 1.807) is 14.0 Å². The Kier molecular flexibility index (Phi) is 8.85. The molecular weight excluding hydrogens is 306 g/mol. The minimum Gasteiger partial charge on any atom is -0.466 e. The Morgan fingerprint density at radius 2 is 2.04 bits per heavy atom. The Morgan fingerprint density at radius 3 is 2.62 bits per heavy atom. The molecular formula is C18H33N3O3. The van der Waals surface area contributed by atoms with Gasteiger partial charge >= 0.3 is 0 Å². The molecule has 1 heterocycles. The van der Waals surface area contributed by atoms with Gasteiger partial charge in [0.25, 0.3) is 0 Å². The number of nitrogens with zero attached hydrogens (tertiary/aromatic N) is 1. The summed E-state index contributed by atoms with van der Waals surface area (Å²) in [6.07, 6.45) is 3.25. The Hall–Kier alpha value is -1.53. The van der Waals surface area contributed by atoms with E-state index in [4.69, 9.17) is 9.15 Å². The highest BCUT2D eigenvalue weighted by Gasteiger charge is 2.27. The van der Waals surface area contributed by atoms with Crippen molar-refractivity contribution in [3.63, 3.8) is 0 Å². The lowest BCUT2D eigenvalue weighted by Crippen LogP contribution is -2.39. The van der Waals surface area contributed by atoms with E-state index in [9.17, 15) is 5.11 Å². The number of ether oxygens (including phenoxy) is 1. The molecule has 0 saturated carbocycles. The predicted molar refractivity (Wildman–Crippen MR) is 97.5 cm³/mol. The summed E-state index contributed by atoms with van der Waals surface area (Å²) >= 11 is 0. The third-order valence-electron chi connectivity index (χ3n) is 3.83. The number of furan rings is 1. The van der Waals surface area contributed by atoms with Crippen LogP contribution >= 0.6 is 0 Å². The molecule has 0 aliphatic heterocycles. The smallest absolute Gasteiger partial charge is 0.191 e. The molecule has 0 saturated heterocycles. The van der Waals surface area contributed by atoms with Crippen LogP contribution in [0.2, 0.25) is 0 Å². The number of unbranched alkanes of at least 4 members (excludes halogenated alkanes) is 2. The molecule has 0 aliphatic carbocycles. The van der Waals surface area contributed by atoms with E-state index in [1.807, 2.05) is 26.8 Å². The molecule has 1 aromatic rings. The molecule has 0 fully saturated rings. The van der Waals surface area contributed by atoms with E-state index in [0.717, 1.165) is 62.0 Å². The number of aliphatic hydroxyl groups is 1. The van der Waals surface area contributed by atoms with Gasteiger partial charge in [-0.25, -0.2) is 4.99 Å². The Balaban J connectivity index is 2.56. The van der Waals surface area contributed by atoms with Gasteiger partial charge in [-0.1, -0.05) is 0 Å². The zero-order valence-corrected chi connectivity index (χ0v) is 15.7. The van der Waals surface area contributed by atoms with Crippen LogP contribution < -0.4 is 10.6 Å². The lowest BCUT2D eigenvalue weighted by molar-refractivity contribution is 0.0657. The Labute approximate surface area is 145 Å². The van der Waals surface area contributed by atoms with Crippen LogP contribution in [0.25, 0.3) is 0 Å². The molecule has 0 aliphatic rings. The van der Waals surface area contributed by atoms with Crippen LogP contribution in [-0.2, 0) is 10.3 Å². The first-order valence-electron chi connectivity index (χ1n) is 8.71. The maximum Gasteiger partial charge on any atom is 0.191 e. The summed E-state index contributed by atoms with van der Waals surface area (Å²) < 4.78 is 10.6. The number of guanidine groups is 1. The summed E-state index contributed by atoms with van der Waals surface area (Å²) in [6, 6.07) is 1.88. The van der Waals surface area contributed by atoms with Gasteiger partial charge in [0.15, 0.2) is 5.96 Å². The molecule has 1 unspecified atom stereocenters. The van der Waals surface area contributed by atoms with Crippen LogP contribution in [0.1, 0.15) is 50.2 Å². The van der Waals surface area contributed by atoms with Gasteiger partial charge in [-0.3, -0.25) is 0 Å². The Morgan fingerprint density at radius 1 is 1.29 bits per heavy atom. The van der Waals surface area contributed by atoms with Crippen molar-refractivity contribution in [1.82, 2.24) is 10.6 Å². The molecule has 1 atom stereocenters. The van der Waals surface area contributed by atoms with Crippen LogP contribution in [0, 0.1) is 13.8 Å². The van der Waals surface area contributed by atoms with Crippen molar-refractivity contribution in [2.75, 3.05) is 33.4 Å². The maximum absolute atomic E-state index is 10.7. The van der Waals surface area contributed by atoms with Crippen LogP contribution in [0.5, 0.6) is 0 Å². The molecule has 0 bridgehead atoms. The van der Waals surface area contributed by atoms with Crippen LogP contribution in [0.4, 0.5) is 0 Å². The van der Waals surface area contributed by atoms with Gasteiger partial charge in [-0.05, 0) is 53.0 Å². The number of aryl methyl sites for hydroxylation is 2. The minimum atomic E-state index is -1.05. The third kappa shape index (κ3) is 6.93. The molecule has 6 nitrogen and oxygen atoms in total. The zero-order valence-electron chi connectivity index (χ0n) is 15.7. The number of nitrogens with one attached hydrogen (secondary N) is 2. The normalized spacial score (nSPS) is 14.5. The number of rotatable bonds is 10. The van der Waals surface area contributed by atoms with E-state index in [2.05, 4.69) is 15.6 Å². The fourth-order valence-electron chi connectivity index (χ4n) is 2.58. The largest absolute Gasteiger partial charge is 0.466 e. The molecule has 24 heavy (non-hydrogen) atoms.